The van der Waals surface area contributed by atoms with Crippen LogP contribution >= 0.6 is 23.3 Å². The van der Waals surface area contributed by atoms with E-state index in [2.05, 4.69) is 23.3 Å². The zero-order valence-electron chi connectivity index (χ0n) is 4.37. The highest BCUT2D eigenvalue weighted by Crippen LogP contribution is 1.82. The maximum atomic E-state index is 10.0. The molecule has 0 radical (unpaired) electrons. The second-order valence-electron chi connectivity index (χ2n) is 1.19. The van der Waals surface area contributed by atoms with Crippen molar-refractivity contribution in [2.75, 3.05) is 0 Å². The predicted molar refractivity (Wildman–Crippen MR) is 40.3 cm³/mol. The van der Waals surface area contributed by atoms with Crippen LogP contribution in [0.4, 0.5) is 0 Å². The number of rotatable bonds is 0. The molecule has 1 rings (SSSR count). The molecular weight excluding hydrogens is 158 g/mol. The Kier molecular flexibility index (Phi) is 4.25. The molecule has 0 aromatic carbocycles. The fourth-order valence-corrected chi connectivity index (χ4v) is 0.356. The van der Waals surface area contributed by atoms with E-state index in [4.69, 9.17) is 0 Å². The summed E-state index contributed by atoms with van der Waals surface area (Å²) in [5.41, 5.74) is 0. The van der Waals surface area contributed by atoms with E-state index in [9.17, 15) is 9.59 Å². The molecule has 50 valence electrons. The Bertz CT molecular complexity index is 139. The molecule has 0 spiro atoms. The molecule has 0 unspecified atom stereocenters. The Balaban J connectivity index is 0.000000291. The summed E-state index contributed by atoms with van der Waals surface area (Å²) in [6, 6.07) is 0. The van der Waals surface area contributed by atoms with Gasteiger partial charge >= 0.3 is 0 Å². The molecule has 1 aliphatic rings. The average molecular weight is 163 g/mol. The van der Waals surface area contributed by atoms with E-state index in [-0.39, 0.29) is 11.8 Å². The molecule has 3 nitrogen and oxygen atoms in total. The lowest BCUT2D eigenvalue weighted by atomic mass is 10.6. The first kappa shape index (κ1) is 8.58. The summed E-state index contributed by atoms with van der Waals surface area (Å²) in [6.45, 7) is 0. The fraction of sp³-hybridized carbons (Fsp3) is 0. The quantitative estimate of drug-likeness (QED) is 0.266. The van der Waals surface area contributed by atoms with Gasteiger partial charge in [0.25, 0.3) is 11.8 Å². The van der Waals surface area contributed by atoms with Gasteiger partial charge in [-0.3, -0.25) is 14.9 Å². The summed E-state index contributed by atoms with van der Waals surface area (Å²) in [6.07, 6.45) is 2.39. The summed E-state index contributed by atoms with van der Waals surface area (Å²) in [4.78, 5) is 20.1. The van der Waals surface area contributed by atoms with Gasteiger partial charge in [0.15, 0.2) is 0 Å². The van der Waals surface area contributed by atoms with Gasteiger partial charge in [-0.1, -0.05) is 0 Å². The number of imide groups is 1. The zero-order chi connectivity index (χ0) is 7.28. The first-order chi connectivity index (χ1) is 4.29. The van der Waals surface area contributed by atoms with Gasteiger partial charge in [-0.15, -0.1) is 23.3 Å². The summed E-state index contributed by atoms with van der Waals surface area (Å²) < 4.78 is 0. The van der Waals surface area contributed by atoms with Crippen LogP contribution in [0.2, 0.25) is 0 Å². The van der Waals surface area contributed by atoms with Gasteiger partial charge in [-0.2, -0.15) is 0 Å². The molecule has 5 heteroatoms. The number of thiol groups is 2. The molecule has 0 saturated carbocycles. The minimum Gasteiger partial charge on any atom is -0.289 e. The molecule has 0 atom stereocenters. The Morgan fingerprint density at radius 2 is 1.44 bits per heavy atom. The Morgan fingerprint density at radius 1 is 1.11 bits per heavy atom. The van der Waals surface area contributed by atoms with E-state index >= 15 is 0 Å². The highest BCUT2D eigenvalue weighted by atomic mass is 33.1. The van der Waals surface area contributed by atoms with Crippen molar-refractivity contribution in [2.24, 2.45) is 0 Å². The highest BCUT2D eigenvalue weighted by molar-refractivity contribution is 8.59. The molecule has 1 aliphatic heterocycles. The molecule has 0 aromatic rings. The van der Waals surface area contributed by atoms with E-state index in [0.29, 0.717) is 0 Å². The lowest BCUT2D eigenvalue weighted by molar-refractivity contribution is -0.123. The molecule has 1 heterocycles. The molecular formula is C4H5NO2S2. The van der Waals surface area contributed by atoms with Crippen LogP contribution in [0.15, 0.2) is 12.2 Å². The Morgan fingerprint density at radius 3 is 1.56 bits per heavy atom. The van der Waals surface area contributed by atoms with E-state index in [1.54, 1.807) is 0 Å². The Hall–Kier alpha value is -0.420. The van der Waals surface area contributed by atoms with Crippen LogP contribution in [0.3, 0.4) is 0 Å². The van der Waals surface area contributed by atoms with Gasteiger partial charge in [-0.05, 0) is 0 Å². The first-order valence-electron chi connectivity index (χ1n) is 2.02. The third kappa shape index (κ3) is 3.21. The third-order valence-corrected chi connectivity index (χ3v) is 0.632. The lowest BCUT2D eigenvalue weighted by Gasteiger charge is -1.80. The number of hydrogen-bond donors (Lipinski definition) is 3. The number of carbonyl (C=O) groups is 2. The standard InChI is InChI=1S/C4H3NO2.H2S2/c6-3-1-2-4(7)5-3;1-2/h1-2H,(H,5,6,7);1-2H. The predicted octanol–water partition coefficient (Wildman–Crippen LogP) is -0.0400. The molecule has 0 fully saturated rings. The molecule has 0 bridgehead atoms. The first-order valence-corrected chi connectivity index (χ1v) is 3.62. The maximum Gasteiger partial charge on any atom is 0.250 e. The lowest BCUT2D eigenvalue weighted by Crippen LogP contribution is -2.19. The largest absolute Gasteiger partial charge is 0.289 e. The van der Waals surface area contributed by atoms with E-state index < -0.39 is 0 Å². The number of hydrogen-bond acceptors (Lipinski definition) is 4. The van der Waals surface area contributed by atoms with Crippen LogP contribution in [0, 0.1) is 0 Å². The topological polar surface area (TPSA) is 46.2 Å². The van der Waals surface area contributed by atoms with Crippen LogP contribution < -0.4 is 5.32 Å². The van der Waals surface area contributed by atoms with Gasteiger partial charge in [-0.25, -0.2) is 0 Å². The average Bonchev–Trinajstić information content (AvgIpc) is 2.20. The third-order valence-electron chi connectivity index (χ3n) is 0.632. The summed E-state index contributed by atoms with van der Waals surface area (Å²) in [5, 5.41) is 2.03. The second kappa shape index (κ2) is 4.46. The van der Waals surface area contributed by atoms with Crippen LogP contribution in [-0.4, -0.2) is 11.8 Å². The number of amides is 2. The van der Waals surface area contributed by atoms with Gasteiger partial charge in [0, 0.05) is 12.2 Å². The summed E-state index contributed by atoms with van der Waals surface area (Å²) in [7, 11) is 0. The monoisotopic (exact) mass is 163 g/mol. The SMILES string of the molecule is O=C1C=CC(=O)N1.SS. The maximum absolute atomic E-state index is 10.0. The fourth-order valence-electron chi connectivity index (χ4n) is 0.356. The van der Waals surface area contributed by atoms with Crippen molar-refractivity contribution in [1.29, 1.82) is 0 Å². The minimum absolute atomic E-state index is 0.329. The van der Waals surface area contributed by atoms with Gasteiger partial charge < -0.3 is 0 Å². The van der Waals surface area contributed by atoms with E-state index in [0.717, 1.165) is 0 Å². The molecule has 0 saturated heterocycles. The number of nitrogens with one attached hydrogen (secondary N) is 1. The van der Waals surface area contributed by atoms with Crippen molar-refractivity contribution in [1.82, 2.24) is 5.32 Å². The normalized spacial score (nSPS) is 14.4. The van der Waals surface area contributed by atoms with Crippen molar-refractivity contribution >= 4 is 35.1 Å². The van der Waals surface area contributed by atoms with Crippen LogP contribution in [0.25, 0.3) is 0 Å². The molecule has 0 aliphatic carbocycles. The smallest absolute Gasteiger partial charge is 0.250 e. The molecule has 9 heavy (non-hydrogen) atoms. The Labute approximate surface area is 62.7 Å². The summed E-state index contributed by atoms with van der Waals surface area (Å²) >= 11 is 6.44. The highest BCUT2D eigenvalue weighted by Gasteiger charge is 2.06. The van der Waals surface area contributed by atoms with E-state index in [1.165, 1.54) is 12.2 Å². The van der Waals surface area contributed by atoms with Crippen molar-refractivity contribution in [3.05, 3.63) is 12.2 Å². The second-order valence-corrected chi connectivity index (χ2v) is 1.19. The van der Waals surface area contributed by atoms with Crippen LogP contribution in [0.1, 0.15) is 0 Å². The molecule has 1 N–H and O–H groups in total. The van der Waals surface area contributed by atoms with Gasteiger partial charge in [0.05, 0.1) is 0 Å². The summed E-state index contributed by atoms with van der Waals surface area (Å²) in [5.74, 6) is -0.657. The molecule has 2 amide bonds. The van der Waals surface area contributed by atoms with Crippen LogP contribution in [0.5, 0.6) is 0 Å². The minimum atomic E-state index is -0.329. The van der Waals surface area contributed by atoms with Crippen molar-refractivity contribution in [3.63, 3.8) is 0 Å². The number of carbonyl (C=O) groups excluding carboxylic acids is 2. The zero-order valence-corrected chi connectivity index (χ0v) is 6.15. The molecule has 0 aromatic heterocycles. The van der Waals surface area contributed by atoms with Crippen molar-refractivity contribution < 1.29 is 9.59 Å². The van der Waals surface area contributed by atoms with Gasteiger partial charge in [0.2, 0.25) is 0 Å². The van der Waals surface area contributed by atoms with Crippen LogP contribution in [-0.2, 0) is 9.59 Å². The van der Waals surface area contributed by atoms with Gasteiger partial charge in [0.1, 0.15) is 0 Å². The van der Waals surface area contributed by atoms with Crippen molar-refractivity contribution in [2.45, 2.75) is 0 Å². The van der Waals surface area contributed by atoms with Crippen molar-refractivity contribution in [3.8, 4) is 0 Å². The van der Waals surface area contributed by atoms with E-state index in [1.807, 2.05) is 5.32 Å².